The lowest BCUT2D eigenvalue weighted by Crippen LogP contribution is -2.12. The van der Waals surface area contributed by atoms with Gasteiger partial charge in [0.05, 0.1) is 11.3 Å². The molecule has 0 fully saturated rings. The Kier molecular flexibility index (Phi) is 3.76. The first-order valence-electron chi connectivity index (χ1n) is 5.64. The highest BCUT2D eigenvalue weighted by Gasteiger charge is 2.13. The predicted molar refractivity (Wildman–Crippen MR) is 79.4 cm³/mol. The number of hydrogen-bond donors (Lipinski definition) is 3. The molecule has 2 aromatic carbocycles. The average Bonchev–Trinajstić information content (AvgIpc) is 2.36. The fraction of sp³-hybridized carbons (Fsp3) is 0.0714. The Morgan fingerprint density at radius 1 is 1.32 bits per heavy atom. The minimum atomic E-state index is -0.369. The summed E-state index contributed by atoms with van der Waals surface area (Å²) in [5.41, 5.74) is 7.72. The molecular weight excluding hydrogens is 308 g/mol. The summed E-state index contributed by atoms with van der Waals surface area (Å²) in [7, 11) is 0. The van der Waals surface area contributed by atoms with Crippen LogP contribution in [0.15, 0.2) is 40.9 Å². The second kappa shape index (κ2) is 5.32. The van der Waals surface area contributed by atoms with Gasteiger partial charge in [0.25, 0.3) is 5.91 Å². The normalized spacial score (nSPS) is 10.2. The van der Waals surface area contributed by atoms with Crippen LogP contribution in [-0.2, 0) is 0 Å². The van der Waals surface area contributed by atoms with E-state index in [4.69, 9.17) is 5.73 Å². The van der Waals surface area contributed by atoms with Crippen LogP contribution >= 0.6 is 15.9 Å². The van der Waals surface area contributed by atoms with Crippen molar-refractivity contribution in [2.24, 2.45) is 0 Å². The Balaban J connectivity index is 2.28. The molecule has 0 radical (unpaired) electrons. The van der Waals surface area contributed by atoms with E-state index in [1.807, 2.05) is 0 Å². The molecule has 0 aliphatic carbocycles. The number of phenols is 1. The number of nitrogens with one attached hydrogen (secondary N) is 1. The number of nitrogen functional groups attached to an aromatic ring is 1. The molecule has 2 aromatic rings. The van der Waals surface area contributed by atoms with Crippen molar-refractivity contribution >= 4 is 33.2 Å². The van der Waals surface area contributed by atoms with Crippen LogP contribution in [-0.4, -0.2) is 11.0 Å². The monoisotopic (exact) mass is 320 g/mol. The highest BCUT2D eigenvalue weighted by atomic mass is 79.9. The minimum Gasteiger partial charge on any atom is -0.507 e. The van der Waals surface area contributed by atoms with E-state index in [9.17, 15) is 9.90 Å². The zero-order valence-corrected chi connectivity index (χ0v) is 11.9. The van der Waals surface area contributed by atoms with E-state index in [1.165, 1.54) is 0 Å². The smallest absolute Gasteiger partial charge is 0.259 e. The van der Waals surface area contributed by atoms with E-state index in [-0.39, 0.29) is 17.2 Å². The van der Waals surface area contributed by atoms with Gasteiger partial charge < -0.3 is 16.2 Å². The molecule has 0 saturated carbocycles. The van der Waals surface area contributed by atoms with Crippen LogP contribution in [0.1, 0.15) is 15.9 Å². The third-order valence-corrected chi connectivity index (χ3v) is 3.38. The molecule has 5 heteroatoms. The van der Waals surface area contributed by atoms with Gasteiger partial charge >= 0.3 is 0 Å². The fourth-order valence-electron chi connectivity index (χ4n) is 1.66. The van der Waals surface area contributed by atoms with Crippen molar-refractivity contribution in [3.63, 3.8) is 0 Å². The van der Waals surface area contributed by atoms with Gasteiger partial charge in [-0.15, -0.1) is 0 Å². The maximum absolute atomic E-state index is 12.1. The third-order valence-electron chi connectivity index (χ3n) is 2.72. The van der Waals surface area contributed by atoms with Crippen molar-refractivity contribution in [3.05, 3.63) is 52.0 Å². The summed E-state index contributed by atoms with van der Waals surface area (Å²) < 4.78 is 0.688. The predicted octanol–water partition coefficient (Wildman–Crippen LogP) is 3.30. The molecule has 0 heterocycles. The van der Waals surface area contributed by atoms with Gasteiger partial charge in [0.1, 0.15) is 5.75 Å². The number of aromatic hydroxyl groups is 1. The number of nitrogens with two attached hydrogens (primary N) is 1. The summed E-state index contributed by atoms with van der Waals surface area (Å²) in [4.78, 5) is 12.1. The van der Waals surface area contributed by atoms with E-state index in [0.717, 1.165) is 0 Å². The maximum Gasteiger partial charge on any atom is 0.259 e. The molecule has 19 heavy (non-hydrogen) atoms. The van der Waals surface area contributed by atoms with Gasteiger partial charge in [-0.25, -0.2) is 0 Å². The Hall–Kier alpha value is -2.01. The molecule has 98 valence electrons. The summed E-state index contributed by atoms with van der Waals surface area (Å²) in [6.07, 6.45) is 0. The second-order valence-corrected chi connectivity index (χ2v) is 5.02. The second-order valence-electron chi connectivity index (χ2n) is 4.16. The molecule has 4 N–H and O–H groups in total. The summed E-state index contributed by atoms with van der Waals surface area (Å²) >= 11 is 3.32. The van der Waals surface area contributed by atoms with Gasteiger partial charge in [0.2, 0.25) is 0 Å². The van der Waals surface area contributed by atoms with Crippen LogP contribution in [0, 0.1) is 6.92 Å². The van der Waals surface area contributed by atoms with Crippen molar-refractivity contribution < 1.29 is 9.90 Å². The van der Waals surface area contributed by atoms with Gasteiger partial charge in [-0.05, 0) is 52.7 Å². The highest BCUT2D eigenvalue weighted by Crippen LogP contribution is 2.27. The Morgan fingerprint density at radius 3 is 2.74 bits per heavy atom. The first-order chi connectivity index (χ1) is 8.99. The van der Waals surface area contributed by atoms with Crippen LogP contribution in [0.2, 0.25) is 0 Å². The standard InChI is InChI=1S/C14H13BrN2O2/c1-8-3-2-4-10(13(8)18)14(19)17-12-6-5-9(16)7-11(12)15/h2-7,18H,16H2,1H3,(H,17,19). The molecule has 0 bridgehead atoms. The zero-order valence-electron chi connectivity index (χ0n) is 10.3. The molecule has 0 aromatic heterocycles. The van der Waals surface area contributed by atoms with Crippen molar-refractivity contribution in [1.29, 1.82) is 0 Å². The number of hydrogen-bond acceptors (Lipinski definition) is 3. The minimum absolute atomic E-state index is 0.00781. The molecule has 0 atom stereocenters. The van der Waals surface area contributed by atoms with Crippen LogP contribution in [0.3, 0.4) is 0 Å². The number of halogens is 1. The van der Waals surface area contributed by atoms with Crippen molar-refractivity contribution in [1.82, 2.24) is 0 Å². The molecular formula is C14H13BrN2O2. The molecule has 0 saturated heterocycles. The number of amides is 1. The number of para-hydroxylation sites is 1. The summed E-state index contributed by atoms with van der Waals surface area (Å²) in [5, 5.41) is 12.6. The van der Waals surface area contributed by atoms with E-state index in [0.29, 0.717) is 21.4 Å². The molecule has 0 aliphatic rings. The average molecular weight is 321 g/mol. The largest absolute Gasteiger partial charge is 0.507 e. The number of carbonyl (C=O) groups excluding carboxylic acids is 1. The SMILES string of the molecule is Cc1cccc(C(=O)Nc2ccc(N)cc2Br)c1O. The van der Waals surface area contributed by atoms with Crippen molar-refractivity contribution in [3.8, 4) is 5.75 Å². The number of phenolic OH excluding ortho intramolecular Hbond substituents is 1. The first kappa shape index (κ1) is 13.4. The number of rotatable bonds is 2. The van der Waals surface area contributed by atoms with Gasteiger partial charge in [-0.1, -0.05) is 12.1 Å². The third kappa shape index (κ3) is 2.88. The van der Waals surface area contributed by atoms with Crippen LogP contribution in [0.5, 0.6) is 5.75 Å². The molecule has 2 rings (SSSR count). The quantitative estimate of drug-likeness (QED) is 0.743. The lowest BCUT2D eigenvalue weighted by Gasteiger charge is -2.10. The lowest BCUT2D eigenvalue weighted by molar-refractivity contribution is 0.102. The van der Waals surface area contributed by atoms with Gasteiger partial charge in [0.15, 0.2) is 0 Å². The van der Waals surface area contributed by atoms with E-state index in [1.54, 1.807) is 43.3 Å². The van der Waals surface area contributed by atoms with Crippen molar-refractivity contribution in [2.75, 3.05) is 11.1 Å². The molecule has 0 aliphatic heterocycles. The van der Waals surface area contributed by atoms with Gasteiger partial charge in [0, 0.05) is 10.2 Å². The van der Waals surface area contributed by atoms with Gasteiger partial charge in [-0.3, -0.25) is 4.79 Å². The summed E-state index contributed by atoms with van der Waals surface area (Å²) in [6, 6.07) is 10.1. The van der Waals surface area contributed by atoms with Crippen molar-refractivity contribution in [2.45, 2.75) is 6.92 Å². The number of anilines is 2. The molecule has 0 spiro atoms. The van der Waals surface area contributed by atoms with Crippen LogP contribution in [0.25, 0.3) is 0 Å². The number of carbonyl (C=O) groups is 1. The fourth-order valence-corrected chi connectivity index (χ4v) is 2.16. The first-order valence-corrected chi connectivity index (χ1v) is 6.43. The molecule has 0 unspecified atom stereocenters. The number of benzene rings is 2. The molecule has 4 nitrogen and oxygen atoms in total. The van der Waals surface area contributed by atoms with Gasteiger partial charge in [-0.2, -0.15) is 0 Å². The number of aryl methyl sites for hydroxylation is 1. The van der Waals surface area contributed by atoms with E-state index >= 15 is 0 Å². The summed E-state index contributed by atoms with van der Waals surface area (Å²) in [5.74, 6) is -0.377. The zero-order chi connectivity index (χ0) is 14.0. The maximum atomic E-state index is 12.1. The highest BCUT2D eigenvalue weighted by molar-refractivity contribution is 9.10. The summed E-state index contributed by atoms with van der Waals surface area (Å²) in [6.45, 7) is 1.74. The Morgan fingerprint density at radius 2 is 2.05 bits per heavy atom. The Labute approximate surface area is 119 Å². The topological polar surface area (TPSA) is 75.4 Å². The van der Waals surface area contributed by atoms with Crippen LogP contribution < -0.4 is 11.1 Å². The molecule has 1 amide bonds. The van der Waals surface area contributed by atoms with E-state index in [2.05, 4.69) is 21.2 Å². The van der Waals surface area contributed by atoms with E-state index < -0.39 is 0 Å². The lowest BCUT2D eigenvalue weighted by atomic mass is 10.1. The van der Waals surface area contributed by atoms with Crippen LogP contribution in [0.4, 0.5) is 11.4 Å². The Bertz CT molecular complexity index is 641.